The van der Waals surface area contributed by atoms with E-state index < -0.39 is 6.23 Å². The van der Waals surface area contributed by atoms with Gasteiger partial charge in [-0.05, 0) is 43.0 Å². The quantitative estimate of drug-likeness (QED) is 0.255. The maximum Gasteiger partial charge on any atom is 0.247 e. The minimum Gasteiger partial charge on any atom is -0.490 e. The van der Waals surface area contributed by atoms with Crippen LogP contribution in [-0.4, -0.2) is 34.0 Å². The number of para-hydroxylation sites is 1. The van der Waals surface area contributed by atoms with E-state index >= 15 is 0 Å². The molecule has 0 saturated heterocycles. The van der Waals surface area contributed by atoms with Gasteiger partial charge < -0.3 is 14.2 Å². The van der Waals surface area contributed by atoms with Crippen molar-refractivity contribution in [3.8, 4) is 28.6 Å². The maximum atomic E-state index is 13.4. The summed E-state index contributed by atoms with van der Waals surface area (Å²) in [6.45, 7) is 4.60. The topological polar surface area (TPSA) is 86.7 Å². The predicted molar refractivity (Wildman–Crippen MR) is 147 cm³/mol. The van der Waals surface area contributed by atoms with Crippen molar-refractivity contribution in [3.05, 3.63) is 83.9 Å². The summed E-state index contributed by atoms with van der Waals surface area (Å²) in [5, 5.41) is 9.11. The van der Waals surface area contributed by atoms with Gasteiger partial charge in [0.05, 0.1) is 12.3 Å². The number of hydrogen-bond donors (Lipinski definition) is 0. The predicted octanol–water partition coefficient (Wildman–Crippen LogP) is 6.07. The number of anilines is 1. The molecule has 8 nitrogen and oxygen atoms in total. The van der Waals surface area contributed by atoms with Gasteiger partial charge in [-0.25, -0.2) is 0 Å². The van der Waals surface area contributed by atoms with Crippen molar-refractivity contribution in [1.82, 2.24) is 15.2 Å². The van der Waals surface area contributed by atoms with Crippen molar-refractivity contribution in [2.24, 2.45) is 0 Å². The highest BCUT2D eigenvalue weighted by Gasteiger charge is 2.35. The van der Waals surface area contributed by atoms with Crippen LogP contribution < -0.4 is 19.1 Å². The van der Waals surface area contributed by atoms with Crippen LogP contribution >= 0.6 is 11.8 Å². The van der Waals surface area contributed by atoms with Crippen LogP contribution in [0.15, 0.2) is 78.0 Å². The van der Waals surface area contributed by atoms with E-state index in [1.54, 1.807) is 4.90 Å². The molecule has 1 amide bonds. The van der Waals surface area contributed by atoms with Crippen molar-refractivity contribution >= 4 is 23.4 Å². The van der Waals surface area contributed by atoms with Crippen LogP contribution in [0.1, 0.15) is 37.6 Å². The first-order valence-electron chi connectivity index (χ1n) is 12.4. The number of benzene rings is 3. The molecule has 3 aromatic carbocycles. The molecule has 1 aliphatic heterocycles. The fraction of sp³-hybridized carbons (Fsp3) is 0.241. The number of amides is 1. The van der Waals surface area contributed by atoms with E-state index in [9.17, 15) is 4.79 Å². The lowest BCUT2D eigenvalue weighted by molar-refractivity contribution is -0.120. The molecular formula is C29H28N4O4S. The Morgan fingerprint density at radius 1 is 0.974 bits per heavy atom. The first-order chi connectivity index (χ1) is 18.6. The number of carbonyl (C=O) groups excluding carboxylic acids is 1. The van der Waals surface area contributed by atoms with Crippen LogP contribution in [0, 0.1) is 0 Å². The first-order valence-corrected chi connectivity index (χ1v) is 13.7. The second-order valence-electron chi connectivity index (χ2n) is 8.47. The molecular weight excluding hydrogens is 500 g/mol. The van der Waals surface area contributed by atoms with E-state index in [0.717, 1.165) is 11.1 Å². The Labute approximate surface area is 226 Å². The molecule has 9 heteroatoms. The number of rotatable bonds is 8. The molecule has 2 heterocycles. The van der Waals surface area contributed by atoms with Crippen LogP contribution in [-0.2, 0) is 11.4 Å². The fourth-order valence-electron chi connectivity index (χ4n) is 4.26. The molecule has 1 aliphatic rings. The summed E-state index contributed by atoms with van der Waals surface area (Å²) in [5.41, 5.74) is 3.67. The third-order valence-corrected chi connectivity index (χ3v) is 6.59. The number of aromatic nitrogens is 3. The van der Waals surface area contributed by atoms with Gasteiger partial charge in [-0.15, -0.1) is 10.2 Å². The molecule has 0 aliphatic carbocycles. The van der Waals surface area contributed by atoms with E-state index in [4.69, 9.17) is 14.2 Å². The van der Waals surface area contributed by atoms with Crippen molar-refractivity contribution in [1.29, 1.82) is 0 Å². The van der Waals surface area contributed by atoms with E-state index in [1.165, 1.54) is 11.8 Å². The third kappa shape index (κ3) is 5.15. The van der Waals surface area contributed by atoms with E-state index in [2.05, 4.69) is 15.2 Å². The molecule has 194 valence electrons. The fourth-order valence-corrected chi connectivity index (χ4v) is 4.55. The van der Waals surface area contributed by atoms with Gasteiger partial charge in [0, 0.05) is 17.5 Å². The monoisotopic (exact) mass is 528 g/mol. The number of thioether (sulfide) groups is 1. The summed E-state index contributed by atoms with van der Waals surface area (Å²) in [4.78, 5) is 19.7. The zero-order valence-corrected chi connectivity index (χ0v) is 22.3. The minimum absolute atomic E-state index is 0.101. The molecule has 0 spiro atoms. The SMILES string of the molecule is CCOc1cc([C@H]2Oc3nc(SC)nnc3-c3ccccc3N2C(=O)CC)ccc1OCc1ccccc1. The number of ether oxygens (including phenoxy) is 3. The lowest BCUT2D eigenvalue weighted by atomic mass is 10.1. The van der Waals surface area contributed by atoms with Crippen LogP contribution in [0.4, 0.5) is 5.69 Å². The van der Waals surface area contributed by atoms with Crippen LogP contribution in [0.25, 0.3) is 11.3 Å². The second kappa shape index (κ2) is 11.5. The highest BCUT2D eigenvalue weighted by Crippen LogP contribution is 2.44. The number of fused-ring (bicyclic) bond motifs is 3. The molecule has 0 saturated carbocycles. The van der Waals surface area contributed by atoms with E-state index in [-0.39, 0.29) is 12.3 Å². The molecule has 38 heavy (non-hydrogen) atoms. The van der Waals surface area contributed by atoms with Crippen molar-refractivity contribution in [3.63, 3.8) is 0 Å². The highest BCUT2D eigenvalue weighted by atomic mass is 32.2. The van der Waals surface area contributed by atoms with Gasteiger partial charge >= 0.3 is 0 Å². The Balaban J connectivity index is 1.59. The van der Waals surface area contributed by atoms with Gasteiger partial charge in [-0.2, -0.15) is 4.98 Å². The molecule has 1 atom stereocenters. The lowest BCUT2D eigenvalue weighted by Gasteiger charge is -2.31. The van der Waals surface area contributed by atoms with Gasteiger partial charge in [0.15, 0.2) is 17.2 Å². The summed E-state index contributed by atoms with van der Waals surface area (Å²) >= 11 is 1.37. The summed E-state index contributed by atoms with van der Waals surface area (Å²) in [7, 11) is 0. The molecule has 0 N–H and O–H groups in total. The van der Waals surface area contributed by atoms with Crippen LogP contribution in [0.2, 0.25) is 0 Å². The van der Waals surface area contributed by atoms with Crippen LogP contribution in [0.3, 0.4) is 0 Å². The zero-order chi connectivity index (χ0) is 26.5. The molecule has 1 aromatic heterocycles. The van der Waals surface area contributed by atoms with Gasteiger partial charge in [-0.1, -0.05) is 67.2 Å². The molecule has 0 bridgehead atoms. The summed E-state index contributed by atoms with van der Waals surface area (Å²) < 4.78 is 18.5. The van der Waals surface area contributed by atoms with E-state index in [0.29, 0.717) is 52.7 Å². The highest BCUT2D eigenvalue weighted by molar-refractivity contribution is 7.98. The minimum atomic E-state index is -0.807. The van der Waals surface area contributed by atoms with Gasteiger partial charge in [0.2, 0.25) is 23.2 Å². The lowest BCUT2D eigenvalue weighted by Crippen LogP contribution is -2.37. The summed E-state index contributed by atoms with van der Waals surface area (Å²) in [6, 6.07) is 23.1. The van der Waals surface area contributed by atoms with Crippen LogP contribution in [0.5, 0.6) is 17.4 Å². The standard InChI is InChI=1S/C29H28N4O4S/c1-4-25(34)33-22-14-10-9-13-21(22)26-27(30-29(38-3)32-31-26)37-28(33)20-15-16-23(24(17-20)35-5-2)36-18-19-11-7-6-8-12-19/h6-17,28H,4-5,18H2,1-3H3/t28-/m1/s1. The maximum absolute atomic E-state index is 13.4. The Morgan fingerprint density at radius 3 is 2.53 bits per heavy atom. The van der Waals surface area contributed by atoms with Crippen molar-refractivity contribution in [2.45, 2.75) is 38.3 Å². The average Bonchev–Trinajstić information content (AvgIpc) is 3.11. The van der Waals surface area contributed by atoms with Gasteiger partial charge in [0.25, 0.3) is 0 Å². The zero-order valence-electron chi connectivity index (χ0n) is 21.5. The largest absolute Gasteiger partial charge is 0.490 e. The molecule has 5 rings (SSSR count). The van der Waals surface area contributed by atoms with E-state index in [1.807, 2.05) is 92.9 Å². The smallest absolute Gasteiger partial charge is 0.247 e. The average molecular weight is 529 g/mol. The molecule has 4 aromatic rings. The number of hydrogen-bond acceptors (Lipinski definition) is 8. The Kier molecular flexibility index (Phi) is 7.74. The van der Waals surface area contributed by atoms with Crippen molar-refractivity contribution < 1.29 is 19.0 Å². The first kappa shape index (κ1) is 25.5. The normalized spacial score (nSPS) is 14.1. The van der Waals surface area contributed by atoms with Gasteiger partial charge in [-0.3, -0.25) is 9.69 Å². The summed E-state index contributed by atoms with van der Waals surface area (Å²) in [5.74, 6) is 1.39. The Bertz CT molecular complexity index is 1430. The number of nitrogens with zero attached hydrogens (tertiary/aromatic N) is 4. The Hall–Kier alpha value is -4.11. The third-order valence-electron chi connectivity index (χ3n) is 6.06. The van der Waals surface area contributed by atoms with Crippen molar-refractivity contribution in [2.75, 3.05) is 17.8 Å². The van der Waals surface area contributed by atoms with Gasteiger partial charge in [0.1, 0.15) is 6.61 Å². The molecule has 0 unspecified atom stereocenters. The summed E-state index contributed by atoms with van der Waals surface area (Å²) in [6.07, 6.45) is 1.36. The Morgan fingerprint density at radius 2 is 1.76 bits per heavy atom. The second-order valence-corrected chi connectivity index (χ2v) is 9.24. The molecule has 0 radical (unpaired) electrons. The molecule has 0 fully saturated rings. The number of carbonyl (C=O) groups is 1.